The molecule has 0 heterocycles. The maximum atomic E-state index is 11.9. The number of hydrogen-bond acceptors (Lipinski definition) is 4. The maximum Gasteiger partial charge on any atom is 0.332 e. The summed E-state index contributed by atoms with van der Waals surface area (Å²) in [5.74, 6) is -0.819. The Labute approximate surface area is 108 Å². The van der Waals surface area contributed by atoms with Crippen LogP contribution in [0.3, 0.4) is 0 Å². The van der Waals surface area contributed by atoms with Crippen LogP contribution in [-0.4, -0.2) is 34.3 Å². The molecule has 0 rings (SSSR count). The summed E-state index contributed by atoms with van der Waals surface area (Å²) in [6.07, 6.45) is 2.57. The van der Waals surface area contributed by atoms with E-state index in [2.05, 4.69) is 0 Å². The Morgan fingerprint density at radius 3 is 2.44 bits per heavy atom. The monoisotopic (exact) mass is 281 g/mol. The topological polar surface area (TPSA) is 110 Å². The first-order valence-electron chi connectivity index (χ1n) is 6.25. The van der Waals surface area contributed by atoms with Crippen molar-refractivity contribution in [2.24, 2.45) is 5.73 Å². The Morgan fingerprint density at radius 1 is 1.39 bits per heavy atom. The first-order valence-corrected chi connectivity index (χ1v) is 7.90. The number of carboxylic acids is 1. The highest BCUT2D eigenvalue weighted by Crippen LogP contribution is 2.50. The molecule has 0 saturated heterocycles. The summed E-state index contributed by atoms with van der Waals surface area (Å²) in [6, 6.07) is -0.424. The number of carbonyl (C=O) groups is 1. The molecule has 4 N–H and O–H groups in total. The molecule has 7 heteroatoms. The van der Waals surface area contributed by atoms with Crippen LogP contribution < -0.4 is 5.73 Å². The van der Waals surface area contributed by atoms with Gasteiger partial charge in [0.15, 0.2) is 0 Å². The molecule has 0 amide bonds. The van der Waals surface area contributed by atoms with Gasteiger partial charge in [0, 0.05) is 12.5 Å². The normalized spacial score (nSPS) is 18.0. The van der Waals surface area contributed by atoms with E-state index in [0.29, 0.717) is 25.7 Å². The Morgan fingerprint density at radius 2 is 2.00 bits per heavy atom. The third-order valence-corrected chi connectivity index (χ3v) is 4.93. The molecule has 0 aromatic carbocycles. The van der Waals surface area contributed by atoms with E-state index in [1.807, 2.05) is 0 Å². The van der Waals surface area contributed by atoms with Gasteiger partial charge in [-0.05, 0) is 26.7 Å². The van der Waals surface area contributed by atoms with E-state index in [1.165, 1.54) is 0 Å². The summed E-state index contributed by atoms with van der Waals surface area (Å²) in [4.78, 5) is 20.1. The van der Waals surface area contributed by atoms with E-state index in [9.17, 15) is 14.3 Å². The molecule has 0 aromatic heterocycles. The Hall–Kier alpha value is -0.420. The van der Waals surface area contributed by atoms with Crippen LogP contribution in [0.2, 0.25) is 0 Å². The molecule has 3 unspecified atom stereocenters. The molecule has 3 atom stereocenters. The van der Waals surface area contributed by atoms with Gasteiger partial charge < -0.3 is 20.3 Å². The highest BCUT2D eigenvalue weighted by atomic mass is 31.2. The van der Waals surface area contributed by atoms with Gasteiger partial charge in [0.25, 0.3) is 0 Å². The van der Waals surface area contributed by atoms with Crippen molar-refractivity contribution in [2.45, 2.75) is 57.7 Å². The van der Waals surface area contributed by atoms with Gasteiger partial charge in [-0.15, -0.1) is 0 Å². The Balaban J connectivity index is 4.13. The highest BCUT2D eigenvalue weighted by Gasteiger charge is 2.34. The van der Waals surface area contributed by atoms with Crippen LogP contribution in [0.5, 0.6) is 0 Å². The van der Waals surface area contributed by atoms with Crippen molar-refractivity contribution in [1.29, 1.82) is 0 Å². The first-order chi connectivity index (χ1) is 8.31. The minimum Gasteiger partial charge on any atom is -0.481 e. The summed E-state index contributed by atoms with van der Waals surface area (Å²) >= 11 is 0. The van der Waals surface area contributed by atoms with E-state index in [1.54, 1.807) is 13.8 Å². The third-order valence-electron chi connectivity index (χ3n) is 2.73. The van der Waals surface area contributed by atoms with Crippen LogP contribution in [0.15, 0.2) is 0 Å². The van der Waals surface area contributed by atoms with E-state index in [-0.39, 0.29) is 13.0 Å². The van der Waals surface area contributed by atoms with Gasteiger partial charge >= 0.3 is 13.6 Å². The lowest BCUT2D eigenvalue weighted by Crippen LogP contribution is -2.32. The summed E-state index contributed by atoms with van der Waals surface area (Å²) in [5, 5.41) is 8.48. The van der Waals surface area contributed by atoms with Crippen LogP contribution in [0.1, 0.15) is 46.0 Å². The van der Waals surface area contributed by atoms with Crippen molar-refractivity contribution in [3.05, 3.63) is 0 Å². The molecule has 0 aliphatic heterocycles. The number of hydrogen-bond donors (Lipinski definition) is 3. The second-order valence-electron chi connectivity index (χ2n) is 4.40. The molecule has 0 bridgehead atoms. The number of aliphatic carboxylic acids is 1. The zero-order valence-corrected chi connectivity index (χ0v) is 11.9. The van der Waals surface area contributed by atoms with Gasteiger partial charge in [-0.25, -0.2) is 0 Å². The van der Waals surface area contributed by atoms with Gasteiger partial charge in [-0.2, -0.15) is 0 Å². The molecule has 108 valence electrons. The second-order valence-corrected chi connectivity index (χ2v) is 6.45. The third kappa shape index (κ3) is 7.11. The highest BCUT2D eigenvalue weighted by molar-refractivity contribution is 7.53. The average Bonchev–Trinajstić information content (AvgIpc) is 2.21. The van der Waals surface area contributed by atoms with Crippen molar-refractivity contribution in [3.8, 4) is 0 Å². The lowest BCUT2D eigenvalue weighted by Gasteiger charge is -2.25. The van der Waals surface area contributed by atoms with E-state index >= 15 is 0 Å². The van der Waals surface area contributed by atoms with Gasteiger partial charge in [0.1, 0.15) is 0 Å². The molecule has 6 nitrogen and oxygen atoms in total. The van der Waals surface area contributed by atoms with Crippen molar-refractivity contribution < 1.29 is 23.9 Å². The fourth-order valence-corrected chi connectivity index (χ4v) is 3.47. The lowest BCUT2D eigenvalue weighted by atomic mass is 10.1. The predicted octanol–water partition coefficient (Wildman–Crippen LogP) is 1.96. The van der Waals surface area contributed by atoms with Crippen LogP contribution in [0.4, 0.5) is 0 Å². The molecule has 0 spiro atoms. The van der Waals surface area contributed by atoms with Crippen molar-refractivity contribution in [3.63, 3.8) is 0 Å². The van der Waals surface area contributed by atoms with Gasteiger partial charge in [0.05, 0.1) is 12.3 Å². The smallest absolute Gasteiger partial charge is 0.332 e. The maximum absolute atomic E-state index is 11.9. The predicted molar refractivity (Wildman–Crippen MR) is 69.6 cm³/mol. The zero-order chi connectivity index (χ0) is 14.2. The van der Waals surface area contributed by atoms with Gasteiger partial charge in [0.2, 0.25) is 0 Å². The second kappa shape index (κ2) is 8.64. The summed E-state index contributed by atoms with van der Waals surface area (Å²) in [6.45, 7) is 3.52. The molecule has 0 aromatic rings. The van der Waals surface area contributed by atoms with Crippen LogP contribution >= 0.6 is 7.60 Å². The summed E-state index contributed by atoms with van der Waals surface area (Å²) < 4.78 is 16.8. The SMILES string of the molecule is CCOP(=O)(O)C(CCCCCC(=O)O)C(C)N. The Kier molecular flexibility index (Phi) is 8.44. The van der Waals surface area contributed by atoms with Crippen molar-refractivity contribution in [1.82, 2.24) is 0 Å². The minimum absolute atomic E-state index is 0.130. The molecular weight excluding hydrogens is 257 g/mol. The molecule has 0 saturated carbocycles. The van der Waals surface area contributed by atoms with Crippen LogP contribution in [-0.2, 0) is 13.9 Å². The largest absolute Gasteiger partial charge is 0.481 e. The molecular formula is C11H24NO5P. The number of rotatable bonds is 10. The summed E-state index contributed by atoms with van der Waals surface area (Å²) in [5.41, 5.74) is 5.13. The number of unbranched alkanes of at least 4 members (excludes halogenated alkanes) is 2. The van der Waals surface area contributed by atoms with Gasteiger partial charge in [-0.1, -0.05) is 12.8 Å². The number of carboxylic acid groups (broad SMARTS) is 1. The standard InChI is InChI=1S/C11H24NO5P/c1-3-17-18(15,16)10(9(2)12)7-5-4-6-8-11(13)14/h9-10H,3-8,12H2,1-2H3,(H,13,14)(H,15,16). The minimum atomic E-state index is -3.67. The first kappa shape index (κ1) is 17.6. The van der Waals surface area contributed by atoms with Crippen LogP contribution in [0, 0.1) is 0 Å². The van der Waals surface area contributed by atoms with Gasteiger partial charge in [-0.3, -0.25) is 9.36 Å². The quantitative estimate of drug-likeness (QED) is 0.417. The molecule has 0 radical (unpaired) electrons. The van der Waals surface area contributed by atoms with E-state index in [0.717, 1.165) is 0 Å². The van der Waals surface area contributed by atoms with Crippen molar-refractivity contribution in [2.75, 3.05) is 6.61 Å². The average molecular weight is 281 g/mol. The van der Waals surface area contributed by atoms with E-state index < -0.39 is 25.3 Å². The molecule has 0 aliphatic carbocycles. The molecule has 0 aliphatic rings. The fraction of sp³-hybridized carbons (Fsp3) is 0.909. The zero-order valence-electron chi connectivity index (χ0n) is 11.0. The van der Waals surface area contributed by atoms with Crippen LogP contribution in [0.25, 0.3) is 0 Å². The molecule has 0 fully saturated rings. The lowest BCUT2D eigenvalue weighted by molar-refractivity contribution is -0.137. The number of nitrogens with two attached hydrogens (primary N) is 1. The Bertz CT molecular complexity index is 295. The fourth-order valence-electron chi connectivity index (χ4n) is 1.81. The summed E-state index contributed by atoms with van der Waals surface area (Å²) in [7, 11) is -3.67. The van der Waals surface area contributed by atoms with Crippen molar-refractivity contribution >= 4 is 13.6 Å². The van der Waals surface area contributed by atoms with E-state index in [4.69, 9.17) is 15.4 Å². The molecule has 18 heavy (non-hydrogen) atoms.